The Labute approximate surface area is 198 Å². The fourth-order valence-corrected chi connectivity index (χ4v) is 4.63. The lowest BCUT2D eigenvalue weighted by Crippen LogP contribution is -2.50. The number of aromatic nitrogens is 1. The molecule has 174 valence electrons. The first-order chi connectivity index (χ1) is 15.9. The summed E-state index contributed by atoms with van der Waals surface area (Å²) in [5.74, 6) is -1.53. The van der Waals surface area contributed by atoms with Crippen LogP contribution in [0, 0.1) is 29.0 Å². The first-order valence-corrected chi connectivity index (χ1v) is 11.9. The molecule has 1 saturated carbocycles. The lowest BCUT2D eigenvalue weighted by molar-refractivity contribution is -0.128. The van der Waals surface area contributed by atoms with Crippen molar-refractivity contribution in [3.8, 4) is 6.07 Å². The maximum Gasteiger partial charge on any atom is 0.268 e. The van der Waals surface area contributed by atoms with E-state index < -0.39 is 29.7 Å². The van der Waals surface area contributed by atoms with Crippen molar-refractivity contribution in [3.05, 3.63) is 34.2 Å². The van der Waals surface area contributed by atoms with Crippen molar-refractivity contribution in [2.24, 2.45) is 11.8 Å². The predicted molar refractivity (Wildman–Crippen MR) is 122 cm³/mol. The molecule has 1 aliphatic heterocycles. The van der Waals surface area contributed by atoms with Gasteiger partial charge in [0.25, 0.3) is 5.91 Å². The SMILES string of the molecule is N#C[C@H](C[C@@H]1CCCNC1=O)NC(=O)[C@H](CC1CC1)NC(=O)c1cc2c(F)ccc(Br)c2[nH]1. The van der Waals surface area contributed by atoms with Gasteiger partial charge in [-0.25, -0.2) is 4.39 Å². The molecule has 1 aromatic heterocycles. The maximum atomic E-state index is 14.1. The highest BCUT2D eigenvalue weighted by atomic mass is 79.9. The standard InChI is InChI=1S/C23H25BrFN5O3/c24-16-5-6-17(25)15-10-19(29-20(15)16)23(33)30-18(8-12-3-4-12)22(32)28-14(11-26)9-13-2-1-7-27-21(13)31/h5-6,10,12-14,18,29H,1-4,7-9H2,(H,27,31)(H,28,32)(H,30,33)/t13-,14-,18-/m0/s1. The van der Waals surface area contributed by atoms with Crippen LogP contribution in [-0.2, 0) is 9.59 Å². The van der Waals surface area contributed by atoms with Crippen LogP contribution in [-0.4, -0.2) is 41.3 Å². The summed E-state index contributed by atoms with van der Waals surface area (Å²) in [6.45, 7) is 0.628. The van der Waals surface area contributed by atoms with E-state index in [1.54, 1.807) is 6.07 Å². The zero-order valence-electron chi connectivity index (χ0n) is 17.9. The van der Waals surface area contributed by atoms with Gasteiger partial charge in [0.1, 0.15) is 23.6 Å². The van der Waals surface area contributed by atoms with Crippen molar-refractivity contribution >= 4 is 44.6 Å². The van der Waals surface area contributed by atoms with Crippen molar-refractivity contribution in [1.82, 2.24) is 20.9 Å². The van der Waals surface area contributed by atoms with E-state index >= 15 is 0 Å². The van der Waals surface area contributed by atoms with Crippen molar-refractivity contribution < 1.29 is 18.8 Å². The first-order valence-electron chi connectivity index (χ1n) is 11.1. The number of H-pyrrole nitrogens is 1. The van der Waals surface area contributed by atoms with Crippen LogP contribution in [0.15, 0.2) is 22.7 Å². The fourth-order valence-electron chi connectivity index (χ4n) is 4.19. The van der Waals surface area contributed by atoms with E-state index in [1.807, 2.05) is 0 Å². The number of nitrogens with zero attached hydrogens (tertiary/aromatic N) is 1. The molecule has 0 unspecified atom stereocenters. The van der Waals surface area contributed by atoms with E-state index in [0.717, 1.165) is 19.3 Å². The Bertz CT molecular complexity index is 1080. The van der Waals surface area contributed by atoms with Crippen LogP contribution in [0.2, 0.25) is 0 Å². The van der Waals surface area contributed by atoms with E-state index in [4.69, 9.17) is 0 Å². The highest BCUT2D eigenvalue weighted by Gasteiger charge is 2.33. The van der Waals surface area contributed by atoms with Crippen LogP contribution >= 0.6 is 15.9 Å². The Morgan fingerprint density at radius 1 is 1.24 bits per heavy atom. The largest absolute Gasteiger partial charge is 0.356 e. The van der Waals surface area contributed by atoms with Crippen LogP contribution in [0.25, 0.3) is 10.9 Å². The van der Waals surface area contributed by atoms with Gasteiger partial charge in [-0.05, 0) is 65.7 Å². The molecule has 0 bridgehead atoms. The molecule has 0 radical (unpaired) electrons. The van der Waals surface area contributed by atoms with Gasteiger partial charge in [0, 0.05) is 22.3 Å². The molecule has 1 aliphatic carbocycles. The molecule has 4 N–H and O–H groups in total. The number of hydrogen-bond acceptors (Lipinski definition) is 4. The van der Waals surface area contributed by atoms with Crippen LogP contribution in [0.3, 0.4) is 0 Å². The average molecular weight is 518 g/mol. The molecule has 2 aromatic rings. The van der Waals surface area contributed by atoms with Gasteiger partial charge >= 0.3 is 0 Å². The number of halogens is 2. The van der Waals surface area contributed by atoms with Gasteiger partial charge in [0.15, 0.2) is 0 Å². The number of piperidine rings is 1. The molecule has 2 fully saturated rings. The average Bonchev–Trinajstić information content (AvgIpc) is 3.49. The maximum absolute atomic E-state index is 14.1. The van der Waals surface area contributed by atoms with E-state index in [1.165, 1.54) is 12.1 Å². The normalized spacial score (nSPS) is 19.9. The first kappa shape index (κ1) is 23.2. The van der Waals surface area contributed by atoms with Crippen LogP contribution in [0.5, 0.6) is 0 Å². The second kappa shape index (κ2) is 9.91. The fraction of sp³-hybridized carbons (Fsp3) is 0.478. The van der Waals surface area contributed by atoms with E-state index in [9.17, 15) is 24.0 Å². The molecule has 3 amide bonds. The molecule has 33 heavy (non-hydrogen) atoms. The van der Waals surface area contributed by atoms with Crippen molar-refractivity contribution in [3.63, 3.8) is 0 Å². The molecule has 1 aromatic carbocycles. The Morgan fingerprint density at radius 3 is 2.70 bits per heavy atom. The molecule has 3 atom stereocenters. The Hall–Kier alpha value is -2.93. The molecular formula is C23H25BrFN5O3. The number of carbonyl (C=O) groups is 3. The number of rotatable bonds is 8. The summed E-state index contributed by atoms with van der Waals surface area (Å²) in [7, 11) is 0. The predicted octanol–water partition coefficient (Wildman–Crippen LogP) is 2.89. The minimum Gasteiger partial charge on any atom is -0.356 e. The summed E-state index contributed by atoms with van der Waals surface area (Å²) in [5.41, 5.74) is 0.596. The molecule has 1 saturated heterocycles. The number of benzene rings is 1. The van der Waals surface area contributed by atoms with Crippen LogP contribution in [0.4, 0.5) is 4.39 Å². The minimum absolute atomic E-state index is 0.101. The summed E-state index contributed by atoms with van der Waals surface area (Å²) >= 11 is 3.34. The van der Waals surface area contributed by atoms with Gasteiger partial charge in [-0.3, -0.25) is 14.4 Å². The Kier molecular flexibility index (Phi) is 6.98. The highest BCUT2D eigenvalue weighted by Crippen LogP contribution is 2.34. The third kappa shape index (κ3) is 5.53. The van der Waals surface area contributed by atoms with E-state index in [0.29, 0.717) is 35.3 Å². The lowest BCUT2D eigenvalue weighted by atomic mass is 9.92. The molecule has 2 aliphatic rings. The lowest BCUT2D eigenvalue weighted by Gasteiger charge is -2.25. The third-order valence-corrected chi connectivity index (χ3v) is 6.87. The van der Waals surface area contributed by atoms with Crippen molar-refractivity contribution in [2.45, 2.75) is 50.6 Å². The van der Waals surface area contributed by atoms with Crippen molar-refractivity contribution in [1.29, 1.82) is 5.26 Å². The molecule has 8 nitrogen and oxygen atoms in total. The second-order valence-electron chi connectivity index (χ2n) is 8.76. The molecule has 10 heteroatoms. The smallest absolute Gasteiger partial charge is 0.268 e. The van der Waals surface area contributed by atoms with Gasteiger partial charge in [0.2, 0.25) is 11.8 Å². The van der Waals surface area contributed by atoms with Gasteiger partial charge in [-0.15, -0.1) is 0 Å². The summed E-state index contributed by atoms with van der Waals surface area (Å²) in [6.07, 6.45) is 4.16. The van der Waals surface area contributed by atoms with Gasteiger partial charge in [0.05, 0.1) is 11.6 Å². The third-order valence-electron chi connectivity index (χ3n) is 6.21. The second-order valence-corrected chi connectivity index (χ2v) is 9.62. The number of carbonyl (C=O) groups excluding carboxylic acids is 3. The Balaban J connectivity index is 1.45. The summed E-state index contributed by atoms with van der Waals surface area (Å²) in [5, 5.41) is 18.0. The minimum atomic E-state index is -0.833. The summed E-state index contributed by atoms with van der Waals surface area (Å²) < 4.78 is 14.7. The van der Waals surface area contributed by atoms with E-state index in [-0.39, 0.29) is 29.3 Å². The number of fused-ring (bicyclic) bond motifs is 1. The summed E-state index contributed by atoms with van der Waals surface area (Å²) in [4.78, 5) is 40.8. The summed E-state index contributed by atoms with van der Waals surface area (Å²) in [6, 6.07) is 4.67. The quantitative estimate of drug-likeness (QED) is 0.429. The zero-order valence-corrected chi connectivity index (χ0v) is 19.5. The monoisotopic (exact) mass is 517 g/mol. The molecule has 4 rings (SSSR count). The van der Waals surface area contributed by atoms with E-state index in [2.05, 4.69) is 42.9 Å². The number of hydrogen-bond donors (Lipinski definition) is 4. The van der Waals surface area contributed by atoms with Crippen LogP contribution < -0.4 is 16.0 Å². The van der Waals surface area contributed by atoms with Gasteiger partial charge in [-0.1, -0.05) is 12.8 Å². The molecule has 2 heterocycles. The number of amides is 3. The van der Waals surface area contributed by atoms with Crippen molar-refractivity contribution in [2.75, 3.05) is 6.54 Å². The number of nitrogens with one attached hydrogen (secondary N) is 4. The van der Waals surface area contributed by atoms with Crippen LogP contribution in [0.1, 0.15) is 49.0 Å². The molecular weight excluding hydrogens is 493 g/mol. The zero-order chi connectivity index (χ0) is 23.5. The topological polar surface area (TPSA) is 127 Å². The number of aromatic amines is 1. The van der Waals surface area contributed by atoms with Gasteiger partial charge < -0.3 is 20.9 Å². The highest BCUT2D eigenvalue weighted by molar-refractivity contribution is 9.10. The Morgan fingerprint density at radius 2 is 2.03 bits per heavy atom. The number of nitriles is 1. The van der Waals surface area contributed by atoms with Gasteiger partial charge in [-0.2, -0.15) is 5.26 Å². The molecule has 0 spiro atoms.